The summed E-state index contributed by atoms with van der Waals surface area (Å²) in [6.45, 7) is 7.24. The lowest BCUT2D eigenvalue weighted by Gasteiger charge is -2.22. The average molecular weight is 342 g/mol. The van der Waals surface area contributed by atoms with Crippen molar-refractivity contribution in [1.82, 2.24) is 16.0 Å². The minimum Gasteiger partial charge on any atom is -0.354 e. The third kappa shape index (κ3) is 7.48. The number of halogens is 1. The van der Waals surface area contributed by atoms with E-state index in [0.717, 1.165) is 18.5 Å². The van der Waals surface area contributed by atoms with E-state index in [-0.39, 0.29) is 30.1 Å². The molecule has 1 rings (SSSR count). The summed E-state index contributed by atoms with van der Waals surface area (Å²) in [6.07, 6.45) is 0.860. The second kappa shape index (κ2) is 11.0. The predicted molar refractivity (Wildman–Crippen MR) is 96.1 cm³/mol. The average Bonchev–Trinajstić information content (AvgIpc) is 2.48. The third-order valence-corrected chi connectivity index (χ3v) is 3.42. The highest BCUT2D eigenvalue weighted by Crippen LogP contribution is 2.07. The molecule has 0 fully saturated rings. The first-order chi connectivity index (χ1) is 10.5. The summed E-state index contributed by atoms with van der Waals surface area (Å²) in [7, 11) is 1.88. The largest absolute Gasteiger partial charge is 0.354 e. The van der Waals surface area contributed by atoms with Gasteiger partial charge in [-0.05, 0) is 45.0 Å². The van der Waals surface area contributed by atoms with Crippen LogP contribution in [-0.2, 0) is 4.79 Å². The zero-order chi connectivity index (χ0) is 16.5. The van der Waals surface area contributed by atoms with Crippen LogP contribution in [0.2, 0.25) is 0 Å². The van der Waals surface area contributed by atoms with Gasteiger partial charge in [0.25, 0.3) is 5.91 Å². The molecule has 1 unspecified atom stereocenters. The topological polar surface area (TPSA) is 70.2 Å². The maximum atomic E-state index is 12.3. The van der Waals surface area contributed by atoms with Gasteiger partial charge < -0.3 is 16.0 Å². The van der Waals surface area contributed by atoms with Crippen molar-refractivity contribution in [1.29, 1.82) is 0 Å². The fourth-order valence-corrected chi connectivity index (χ4v) is 2.13. The minimum absolute atomic E-state index is 0. The fourth-order valence-electron chi connectivity index (χ4n) is 2.13. The molecule has 6 heteroatoms. The van der Waals surface area contributed by atoms with E-state index in [9.17, 15) is 9.59 Å². The normalized spacial score (nSPS) is 11.5. The van der Waals surface area contributed by atoms with Gasteiger partial charge in [-0.3, -0.25) is 9.59 Å². The molecule has 0 radical (unpaired) electrons. The Kier molecular flexibility index (Phi) is 10.3. The Morgan fingerprint density at radius 3 is 2.43 bits per heavy atom. The molecular weight excluding hydrogens is 314 g/mol. The number of nitrogens with one attached hydrogen (secondary N) is 3. The number of rotatable bonds is 8. The zero-order valence-corrected chi connectivity index (χ0v) is 15.1. The summed E-state index contributed by atoms with van der Waals surface area (Å²) in [6, 6.07) is 6.82. The van der Waals surface area contributed by atoms with E-state index in [1.54, 1.807) is 6.07 Å². The molecule has 130 valence electrons. The third-order valence-electron chi connectivity index (χ3n) is 3.42. The molecule has 3 N–H and O–H groups in total. The second-order valence-electron chi connectivity index (χ2n) is 5.81. The number of benzene rings is 1. The summed E-state index contributed by atoms with van der Waals surface area (Å²) < 4.78 is 0. The summed E-state index contributed by atoms with van der Waals surface area (Å²) in [5.74, 6) is -0.321. The molecule has 1 aromatic rings. The van der Waals surface area contributed by atoms with Crippen LogP contribution in [0.25, 0.3) is 0 Å². The Labute approximate surface area is 145 Å². The van der Waals surface area contributed by atoms with Gasteiger partial charge in [0.05, 0.1) is 0 Å². The molecule has 0 saturated heterocycles. The molecule has 0 aliphatic carbocycles. The van der Waals surface area contributed by atoms with Crippen LogP contribution in [0.5, 0.6) is 0 Å². The maximum absolute atomic E-state index is 12.3. The highest BCUT2D eigenvalue weighted by Gasteiger charge is 2.24. The van der Waals surface area contributed by atoms with E-state index in [1.165, 1.54) is 0 Å². The zero-order valence-electron chi connectivity index (χ0n) is 14.3. The van der Waals surface area contributed by atoms with E-state index >= 15 is 0 Å². The van der Waals surface area contributed by atoms with Gasteiger partial charge >= 0.3 is 0 Å². The lowest BCUT2D eigenvalue weighted by Crippen LogP contribution is -2.50. The standard InChI is InChI=1S/C17H27N3O2.ClH/c1-12(2)15(17(22)19-10-6-9-18-4)20-16(21)14-8-5-7-13(3)11-14;/h5,7-8,11-12,15,18H,6,9-10H2,1-4H3,(H,19,22)(H,20,21);1H. The summed E-state index contributed by atoms with van der Waals surface area (Å²) in [4.78, 5) is 24.5. The van der Waals surface area contributed by atoms with Gasteiger partial charge in [-0.2, -0.15) is 0 Å². The van der Waals surface area contributed by atoms with Crippen molar-refractivity contribution in [3.63, 3.8) is 0 Å². The highest BCUT2D eigenvalue weighted by molar-refractivity contribution is 5.97. The van der Waals surface area contributed by atoms with Gasteiger partial charge in [-0.25, -0.2) is 0 Å². The van der Waals surface area contributed by atoms with Crippen LogP contribution in [0.4, 0.5) is 0 Å². The summed E-state index contributed by atoms with van der Waals surface area (Å²) in [5, 5.41) is 8.74. The molecule has 0 saturated carbocycles. The Bertz CT molecular complexity index is 506. The number of hydrogen-bond acceptors (Lipinski definition) is 3. The molecule has 23 heavy (non-hydrogen) atoms. The van der Waals surface area contributed by atoms with E-state index in [1.807, 2.05) is 46.0 Å². The van der Waals surface area contributed by atoms with E-state index in [0.29, 0.717) is 12.1 Å². The van der Waals surface area contributed by atoms with Crippen LogP contribution in [0.3, 0.4) is 0 Å². The van der Waals surface area contributed by atoms with Gasteiger partial charge in [-0.15, -0.1) is 12.4 Å². The van der Waals surface area contributed by atoms with Crippen molar-refractivity contribution in [2.24, 2.45) is 5.92 Å². The van der Waals surface area contributed by atoms with Crippen molar-refractivity contribution in [2.45, 2.75) is 33.2 Å². The summed E-state index contributed by atoms with van der Waals surface area (Å²) >= 11 is 0. The van der Waals surface area contributed by atoms with Gasteiger partial charge in [0.15, 0.2) is 0 Å². The highest BCUT2D eigenvalue weighted by atomic mass is 35.5. The second-order valence-corrected chi connectivity index (χ2v) is 5.81. The molecule has 0 bridgehead atoms. The Morgan fingerprint density at radius 1 is 1.17 bits per heavy atom. The number of hydrogen-bond donors (Lipinski definition) is 3. The molecule has 0 spiro atoms. The van der Waals surface area contributed by atoms with Gasteiger partial charge in [0.2, 0.25) is 5.91 Å². The summed E-state index contributed by atoms with van der Waals surface area (Å²) in [5.41, 5.74) is 1.60. The van der Waals surface area contributed by atoms with E-state index < -0.39 is 6.04 Å². The predicted octanol–water partition coefficient (Wildman–Crippen LogP) is 1.90. The lowest BCUT2D eigenvalue weighted by atomic mass is 10.0. The van der Waals surface area contributed by atoms with Gasteiger partial charge in [-0.1, -0.05) is 31.5 Å². The molecule has 5 nitrogen and oxygen atoms in total. The number of carbonyl (C=O) groups is 2. The molecule has 0 aliphatic rings. The molecule has 1 atom stereocenters. The molecule has 1 aromatic carbocycles. The van der Waals surface area contributed by atoms with Crippen LogP contribution in [-0.4, -0.2) is 38.0 Å². The smallest absolute Gasteiger partial charge is 0.251 e. The molecule has 0 heterocycles. The first kappa shape index (κ1) is 21.4. The Morgan fingerprint density at radius 2 is 1.87 bits per heavy atom. The molecular formula is C17H28ClN3O2. The molecule has 0 aliphatic heterocycles. The number of carbonyl (C=O) groups excluding carboxylic acids is 2. The van der Waals surface area contributed by atoms with Crippen molar-refractivity contribution in [3.8, 4) is 0 Å². The van der Waals surface area contributed by atoms with Crippen LogP contribution < -0.4 is 16.0 Å². The lowest BCUT2D eigenvalue weighted by molar-refractivity contribution is -0.123. The van der Waals surface area contributed by atoms with E-state index in [4.69, 9.17) is 0 Å². The monoisotopic (exact) mass is 341 g/mol. The fraction of sp³-hybridized carbons (Fsp3) is 0.529. The quantitative estimate of drug-likeness (QED) is 0.632. The number of amides is 2. The maximum Gasteiger partial charge on any atom is 0.251 e. The van der Waals surface area contributed by atoms with Crippen molar-refractivity contribution in [3.05, 3.63) is 35.4 Å². The molecule has 2 amide bonds. The first-order valence-corrected chi connectivity index (χ1v) is 7.75. The Balaban J connectivity index is 0.00000484. The van der Waals surface area contributed by atoms with Crippen molar-refractivity contribution < 1.29 is 9.59 Å². The van der Waals surface area contributed by atoms with E-state index in [2.05, 4.69) is 16.0 Å². The van der Waals surface area contributed by atoms with Gasteiger partial charge in [0.1, 0.15) is 6.04 Å². The van der Waals surface area contributed by atoms with Crippen molar-refractivity contribution >= 4 is 24.2 Å². The van der Waals surface area contributed by atoms with Crippen LogP contribution in [0, 0.1) is 12.8 Å². The minimum atomic E-state index is -0.525. The van der Waals surface area contributed by atoms with Crippen molar-refractivity contribution in [2.75, 3.05) is 20.1 Å². The van der Waals surface area contributed by atoms with Crippen LogP contribution in [0.15, 0.2) is 24.3 Å². The van der Waals surface area contributed by atoms with Gasteiger partial charge in [0, 0.05) is 12.1 Å². The SMILES string of the molecule is CNCCCNC(=O)C(NC(=O)c1cccc(C)c1)C(C)C.Cl. The first-order valence-electron chi connectivity index (χ1n) is 7.75. The molecule has 0 aromatic heterocycles. The number of aryl methyl sites for hydroxylation is 1. The Hall–Kier alpha value is -1.59. The van der Waals surface area contributed by atoms with Crippen LogP contribution >= 0.6 is 12.4 Å². The van der Waals surface area contributed by atoms with Crippen LogP contribution in [0.1, 0.15) is 36.2 Å².